The van der Waals surface area contributed by atoms with Gasteiger partial charge in [-0.15, -0.1) is 0 Å². The second kappa shape index (κ2) is 9.12. The molecule has 2 aromatic heterocycles. The monoisotopic (exact) mass is 441 g/mol. The van der Waals surface area contributed by atoms with Gasteiger partial charge in [-0.05, 0) is 45.1 Å². The number of ether oxygens (including phenoxy) is 2. The molecule has 0 bridgehead atoms. The van der Waals surface area contributed by atoms with Gasteiger partial charge in [0.2, 0.25) is 5.91 Å². The molecule has 0 radical (unpaired) electrons. The molecule has 0 aliphatic carbocycles. The van der Waals surface area contributed by atoms with Crippen LogP contribution >= 0.6 is 0 Å². The Bertz CT molecular complexity index is 916. The smallest absolute Gasteiger partial charge is 0.376 e. The molecule has 2 fully saturated rings. The van der Waals surface area contributed by atoms with Gasteiger partial charge in [-0.3, -0.25) is 4.79 Å². The molecule has 0 unspecified atom stereocenters. The molecular formula is C21H26F3N3O4. The Hall–Kier alpha value is -2.20. The van der Waals surface area contributed by atoms with Gasteiger partial charge in [0.1, 0.15) is 6.61 Å². The Morgan fingerprint density at radius 2 is 2.03 bits per heavy atom. The number of pyridine rings is 1. The van der Waals surface area contributed by atoms with Crippen LogP contribution in [-0.4, -0.2) is 60.0 Å². The van der Waals surface area contributed by atoms with Crippen LogP contribution in [0.1, 0.15) is 55.0 Å². The molecule has 170 valence electrons. The number of amides is 1. The van der Waals surface area contributed by atoms with Gasteiger partial charge in [0.05, 0.1) is 29.4 Å². The van der Waals surface area contributed by atoms with E-state index in [1.165, 1.54) is 6.92 Å². The summed E-state index contributed by atoms with van der Waals surface area (Å²) < 4.78 is 57.0. The average Bonchev–Trinajstić information content (AvgIpc) is 3.17. The first-order valence-corrected chi connectivity index (χ1v) is 10.6. The number of fused-ring (bicyclic) bond motifs is 1. The molecule has 2 aliphatic heterocycles. The van der Waals surface area contributed by atoms with Crippen LogP contribution in [0.15, 0.2) is 10.6 Å². The summed E-state index contributed by atoms with van der Waals surface area (Å²) in [7, 11) is 0. The summed E-state index contributed by atoms with van der Waals surface area (Å²) >= 11 is 0. The van der Waals surface area contributed by atoms with E-state index in [-0.39, 0.29) is 47.0 Å². The number of aryl methyl sites for hydroxylation is 1. The molecule has 2 saturated heterocycles. The van der Waals surface area contributed by atoms with Crippen molar-refractivity contribution < 1.29 is 32.0 Å². The summed E-state index contributed by atoms with van der Waals surface area (Å²) in [5.41, 5.74) is -0.378. The maximum absolute atomic E-state index is 13.6. The maximum Gasteiger partial charge on any atom is 0.417 e. The fraction of sp³-hybridized carbons (Fsp3) is 0.667. The zero-order chi connectivity index (χ0) is 22.0. The first-order chi connectivity index (χ1) is 14.8. The number of carbonyl (C=O) groups excluding carboxylic acids is 1. The molecule has 0 saturated carbocycles. The van der Waals surface area contributed by atoms with Crippen molar-refractivity contribution in [3.8, 4) is 0 Å². The molecule has 1 atom stereocenters. The quantitative estimate of drug-likeness (QED) is 0.702. The first-order valence-electron chi connectivity index (χ1n) is 10.6. The maximum atomic E-state index is 13.6. The van der Waals surface area contributed by atoms with E-state index in [1.54, 1.807) is 4.90 Å². The lowest BCUT2D eigenvalue weighted by molar-refractivity contribution is -0.139. The Morgan fingerprint density at radius 3 is 2.71 bits per heavy atom. The minimum Gasteiger partial charge on any atom is -0.376 e. The van der Waals surface area contributed by atoms with E-state index in [1.807, 2.05) is 0 Å². The van der Waals surface area contributed by atoms with Crippen molar-refractivity contribution >= 4 is 17.0 Å². The van der Waals surface area contributed by atoms with E-state index in [4.69, 9.17) is 14.0 Å². The van der Waals surface area contributed by atoms with Crippen LogP contribution in [0.3, 0.4) is 0 Å². The Labute approximate surface area is 177 Å². The summed E-state index contributed by atoms with van der Waals surface area (Å²) in [5.74, 6) is -0.347. The summed E-state index contributed by atoms with van der Waals surface area (Å²) in [6.07, 6.45) is -0.355. The summed E-state index contributed by atoms with van der Waals surface area (Å²) in [6, 6.07) is 1.02. The highest BCUT2D eigenvalue weighted by molar-refractivity contribution is 5.82. The number of hydrogen-bond donors (Lipinski definition) is 0. The third kappa shape index (κ3) is 5.01. The minimum absolute atomic E-state index is 0.0150. The number of halogens is 3. The van der Waals surface area contributed by atoms with Crippen molar-refractivity contribution in [2.45, 2.75) is 57.2 Å². The average molecular weight is 441 g/mol. The summed E-state index contributed by atoms with van der Waals surface area (Å²) in [6.45, 7) is 3.48. The fourth-order valence-corrected chi connectivity index (χ4v) is 4.31. The minimum atomic E-state index is -4.53. The van der Waals surface area contributed by atoms with Crippen molar-refractivity contribution in [1.29, 1.82) is 0 Å². The molecule has 0 N–H and O–H groups in total. The molecule has 4 rings (SSSR count). The van der Waals surface area contributed by atoms with E-state index >= 15 is 0 Å². The van der Waals surface area contributed by atoms with Crippen molar-refractivity contribution in [2.24, 2.45) is 0 Å². The topological polar surface area (TPSA) is 77.7 Å². The van der Waals surface area contributed by atoms with Gasteiger partial charge in [-0.2, -0.15) is 13.2 Å². The third-order valence-corrected chi connectivity index (χ3v) is 5.94. The van der Waals surface area contributed by atoms with E-state index in [0.29, 0.717) is 32.5 Å². The van der Waals surface area contributed by atoms with Crippen LogP contribution in [0.4, 0.5) is 13.2 Å². The number of nitrogens with zero attached hydrogens (tertiary/aromatic N) is 3. The van der Waals surface area contributed by atoms with E-state index in [0.717, 1.165) is 31.9 Å². The standard InChI is InChI=1S/C21H26F3N3O4/c1-13-10-16(21(22,23)24)18-19(26-31-20(18)25-13)14-5-7-27(8-6-14)17(28)12-29-11-15-4-2-3-9-30-15/h10,14-15H,2-9,11-12H2,1H3/t15-/m1/s1. The van der Waals surface area contributed by atoms with E-state index in [9.17, 15) is 18.0 Å². The Kier molecular flexibility index (Phi) is 6.47. The fourth-order valence-electron chi connectivity index (χ4n) is 4.31. The number of likely N-dealkylation sites (tertiary alicyclic amines) is 1. The molecule has 10 heteroatoms. The normalized spacial score (nSPS) is 21.0. The second-order valence-corrected chi connectivity index (χ2v) is 8.22. The van der Waals surface area contributed by atoms with Gasteiger partial charge in [-0.25, -0.2) is 4.98 Å². The van der Waals surface area contributed by atoms with Gasteiger partial charge in [0.25, 0.3) is 5.71 Å². The summed E-state index contributed by atoms with van der Waals surface area (Å²) in [5, 5.41) is 3.86. The lowest BCUT2D eigenvalue weighted by Gasteiger charge is -2.31. The lowest BCUT2D eigenvalue weighted by Crippen LogP contribution is -2.40. The highest BCUT2D eigenvalue weighted by Crippen LogP contribution is 2.40. The van der Waals surface area contributed by atoms with Gasteiger partial charge >= 0.3 is 6.18 Å². The van der Waals surface area contributed by atoms with Crippen LogP contribution in [0.2, 0.25) is 0 Å². The van der Waals surface area contributed by atoms with Crippen LogP contribution in [-0.2, 0) is 20.4 Å². The molecule has 0 spiro atoms. The Morgan fingerprint density at radius 1 is 1.26 bits per heavy atom. The zero-order valence-corrected chi connectivity index (χ0v) is 17.4. The number of carbonyl (C=O) groups is 1. The Balaban J connectivity index is 1.36. The number of aromatic nitrogens is 2. The SMILES string of the molecule is Cc1cc(C(F)(F)F)c2c(C3CCN(C(=O)COC[C@H]4CCCCO4)CC3)noc2n1. The molecular weight excluding hydrogens is 415 g/mol. The van der Waals surface area contributed by atoms with E-state index in [2.05, 4.69) is 10.1 Å². The van der Waals surface area contributed by atoms with Crippen molar-refractivity contribution in [3.63, 3.8) is 0 Å². The molecule has 4 heterocycles. The molecule has 7 nitrogen and oxygen atoms in total. The van der Waals surface area contributed by atoms with Gasteiger partial charge in [0, 0.05) is 31.3 Å². The molecule has 2 aromatic rings. The number of alkyl halides is 3. The molecule has 1 amide bonds. The van der Waals surface area contributed by atoms with Gasteiger partial charge < -0.3 is 18.9 Å². The van der Waals surface area contributed by atoms with Crippen LogP contribution < -0.4 is 0 Å². The van der Waals surface area contributed by atoms with Crippen LogP contribution in [0.5, 0.6) is 0 Å². The van der Waals surface area contributed by atoms with Crippen LogP contribution in [0, 0.1) is 6.92 Å². The third-order valence-electron chi connectivity index (χ3n) is 5.94. The number of hydrogen-bond acceptors (Lipinski definition) is 6. The second-order valence-electron chi connectivity index (χ2n) is 8.22. The van der Waals surface area contributed by atoms with Gasteiger partial charge in [-0.1, -0.05) is 5.16 Å². The predicted molar refractivity (Wildman–Crippen MR) is 105 cm³/mol. The number of piperidine rings is 1. The van der Waals surface area contributed by atoms with Crippen molar-refractivity contribution in [1.82, 2.24) is 15.0 Å². The zero-order valence-electron chi connectivity index (χ0n) is 17.4. The molecule has 2 aliphatic rings. The van der Waals surface area contributed by atoms with Crippen molar-refractivity contribution in [2.75, 3.05) is 32.9 Å². The predicted octanol–water partition coefficient (Wildman–Crippen LogP) is 3.84. The highest BCUT2D eigenvalue weighted by atomic mass is 19.4. The largest absolute Gasteiger partial charge is 0.417 e. The van der Waals surface area contributed by atoms with E-state index < -0.39 is 11.7 Å². The van der Waals surface area contributed by atoms with Crippen molar-refractivity contribution in [3.05, 3.63) is 23.0 Å². The highest BCUT2D eigenvalue weighted by Gasteiger charge is 2.37. The molecule has 0 aromatic carbocycles. The summed E-state index contributed by atoms with van der Waals surface area (Å²) in [4.78, 5) is 18.2. The van der Waals surface area contributed by atoms with Gasteiger partial charge in [0.15, 0.2) is 0 Å². The lowest BCUT2D eigenvalue weighted by atomic mass is 9.90. The first kappa shape index (κ1) is 22.0. The van der Waals surface area contributed by atoms with Crippen LogP contribution in [0.25, 0.3) is 11.1 Å². The number of rotatable bonds is 5. The molecule has 31 heavy (non-hydrogen) atoms.